The van der Waals surface area contributed by atoms with Crippen LogP contribution in [0.2, 0.25) is 0 Å². The van der Waals surface area contributed by atoms with E-state index in [0.29, 0.717) is 31.7 Å². The first-order chi connectivity index (χ1) is 14.6. The Labute approximate surface area is 184 Å². The summed E-state index contributed by atoms with van der Waals surface area (Å²) in [4.78, 5) is 18.2. The zero-order valence-corrected chi connectivity index (χ0v) is 19.4. The molecule has 1 fully saturated rings. The number of amides is 1. The summed E-state index contributed by atoms with van der Waals surface area (Å²) in [7, 11) is 0. The highest BCUT2D eigenvalue weighted by atomic mass is 19.4. The van der Waals surface area contributed by atoms with Crippen molar-refractivity contribution in [3.05, 3.63) is 23.4 Å². The second-order valence-corrected chi connectivity index (χ2v) is 8.09. The molecule has 1 saturated heterocycles. The average molecular weight is 446 g/mol. The third-order valence-corrected chi connectivity index (χ3v) is 5.13. The van der Waals surface area contributed by atoms with Crippen LogP contribution in [0, 0.1) is 0 Å². The lowest BCUT2D eigenvalue weighted by Gasteiger charge is -2.37. The maximum absolute atomic E-state index is 12.6. The normalized spacial score (nSPS) is 26.2. The van der Waals surface area contributed by atoms with Crippen LogP contribution in [0.1, 0.15) is 66.2 Å². The molecule has 1 atom stereocenters. The number of alkyl halides is 3. The first-order valence-electron chi connectivity index (χ1n) is 11.3. The molecule has 2 rings (SSSR count). The highest BCUT2D eigenvalue weighted by molar-refractivity contribution is 5.85. The van der Waals surface area contributed by atoms with Gasteiger partial charge in [0, 0.05) is 38.1 Å². The Morgan fingerprint density at radius 1 is 1.19 bits per heavy atom. The molecule has 0 aromatic carbocycles. The van der Waals surface area contributed by atoms with Gasteiger partial charge in [0.15, 0.2) is 5.60 Å². The molecule has 2 aliphatic heterocycles. The number of carbonyl (C=O) groups excluding carboxylic acids is 1. The third kappa shape index (κ3) is 9.99. The fourth-order valence-corrected chi connectivity index (χ4v) is 3.33. The first-order valence-corrected chi connectivity index (χ1v) is 11.3. The Morgan fingerprint density at radius 2 is 1.90 bits per heavy atom. The molecule has 0 aromatic rings. The third-order valence-electron chi connectivity index (χ3n) is 5.13. The van der Waals surface area contributed by atoms with Crippen molar-refractivity contribution in [1.82, 2.24) is 10.2 Å². The average Bonchev–Trinajstić information content (AvgIpc) is 2.70. The molecule has 2 heterocycles. The molecule has 8 heteroatoms. The number of ether oxygens (including phenoxy) is 1. The van der Waals surface area contributed by atoms with Gasteiger partial charge in [-0.2, -0.15) is 13.2 Å². The van der Waals surface area contributed by atoms with Crippen molar-refractivity contribution in [2.24, 2.45) is 4.99 Å². The molecular formula is C23H38F3N3O2. The SMILES string of the molecule is CC1=C\CC\C=C(C(F)(F)F)/C=N/1.CCCCCN(CCC)C(=O)C1(C)CNCCO1. The number of hydrogen-bond acceptors (Lipinski definition) is 4. The zero-order valence-electron chi connectivity index (χ0n) is 19.4. The Morgan fingerprint density at radius 3 is 2.48 bits per heavy atom. The maximum Gasteiger partial charge on any atom is 0.417 e. The largest absolute Gasteiger partial charge is 0.417 e. The van der Waals surface area contributed by atoms with Crippen molar-refractivity contribution in [1.29, 1.82) is 0 Å². The Bertz CT molecular complexity index is 636. The van der Waals surface area contributed by atoms with E-state index in [2.05, 4.69) is 24.2 Å². The predicted octanol–water partition coefficient (Wildman–Crippen LogP) is 5.04. The Kier molecular flexibility index (Phi) is 12.1. The molecule has 178 valence electrons. The lowest BCUT2D eigenvalue weighted by Crippen LogP contribution is -2.58. The molecule has 1 amide bonds. The van der Waals surface area contributed by atoms with Crippen LogP contribution in [0.4, 0.5) is 13.2 Å². The molecule has 1 unspecified atom stereocenters. The highest BCUT2D eigenvalue weighted by Gasteiger charge is 2.38. The fourth-order valence-electron chi connectivity index (χ4n) is 3.33. The zero-order chi connectivity index (χ0) is 23.3. The van der Waals surface area contributed by atoms with Crippen molar-refractivity contribution in [2.45, 2.75) is 78.0 Å². The summed E-state index contributed by atoms with van der Waals surface area (Å²) in [6, 6.07) is 0. The first kappa shape index (κ1) is 27.4. The number of halogens is 3. The highest BCUT2D eigenvalue weighted by Crippen LogP contribution is 2.26. The number of allylic oxidation sites excluding steroid dienone is 4. The van der Waals surface area contributed by atoms with Gasteiger partial charge < -0.3 is 15.0 Å². The van der Waals surface area contributed by atoms with Gasteiger partial charge in [0.1, 0.15) is 0 Å². The molecule has 31 heavy (non-hydrogen) atoms. The summed E-state index contributed by atoms with van der Waals surface area (Å²) >= 11 is 0. The Hall–Kier alpha value is -1.67. The van der Waals surface area contributed by atoms with Crippen LogP contribution in [-0.4, -0.2) is 61.6 Å². The predicted molar refractivity (Wildman–Crippen MR) is 119 cm³/mol. The van der Waals surface area contributed by atoms with Crippen LogP contribution in [0.15, 0.2) is 28.4 Å². The molecule has 2 aliphatic rings. The maximum atomic E-state index is 12.6. The monoisotopic (exact) mass is 445 g/mol. The number of hydrogen-bond donors (Lipinski definition) is 1. The number of aliphatic imine (C=N–C) groups is 1. The minimum absolute atomic E-state index is 0.146. The Balaban J connectivity index is 0.000000327. The van der Waals surface area contributed by atoms with Gasteiger partial charge in [0.2, 0.25) is 0 Å². The van der Waals surface area contributed by atoms with E-state index >= 15 is 0 Å². The van der Waals surface area contributed by atoms with E-state index in [4.69, 9.17) is 4.74 Å². The summed E-state index contributed by atoms with van der Waals surface area (Å²) in [6.07, 6.45) is 5.08. The van der Waals surface area contributed by atoms with Gasteiger partial charge in [-0.1, -0.05) is 38.8 Å². The van der Waals surface area contributed by atoms with Crippen molar-refractivity contribution in [3.8, 4) is 0 Å². The second-order valence-electron chi connectivity index (χ2n) is 8.09. The molecule has 0 saturated carbocycles. The van der Waals surface area contributed by atoms with Gasteiger partial charge in [0.25, 0.3) is 5.91 Å². The quantitative estimate of drug-likeness (QED) is 0.559. The summed E-state index contributed by atoms with van der Waals surface area (Å²) in [5.74, 6) is 0.146. The summed E-state index contributed by atoms with van der Waals surface area (Å²) in [5, 5.41) is 3.25. The lowest BCUT2D eigenvalue weighted by atomic mass is 10.0. The number of nitrogens with one attached hydrogen (secondary N) is 1. The van der Waals surface area contributed by atoms with Crippen LogP contribution in [-0.2, 0) is 9.53 Å². The second kappa shape index (κ2) is 13.7. The summed E-state index contributed by atoms with van der Waals surface area (Å²) < 4.78 is 42.3. The van der Waals surface area contributed by atoms with Crippen molar-refractivity contribution < 1.29 is 22.7 Å². The smallest absolute Gasteiger partial charge is 0.363 e. The van der Waals surface area contributed by atoms with Gasteiger partial charge in [0.05, 0.1) is 12.2 Å². The standard InChI is InChI=1S/C14H28N2O2.C9H10F3N/c1-4-6-7-10-16(9-5-2)13(17)14(3)12-15-8-11-18-14;1-7-4-2-3-5-8(6-13-7)9(10,11)12/h15H,4-12H2,1-3H3;4-6H,2-3H2,1H3/b;7-4-,8-5+,13-6+. The molecule has 0 aliphatic carbocycles. The van der Waals surface area contributed by atoms with Crippen LogP contribution in [0.25, 0.3) is 0 Å². The van der Waals surface area contributed by atoms with Gasteiger partial charge >= 0.3 is 6.18 Å². The van der Waals surface area contributed by atoms with Crippen molar-refractivity contribution >= 4 is 12.1 Å². The summed E-state index contributed by atoms with van der Waals surface area (Å²) in [6.45, 7) is 11.7. The van der Waals surface area contributed by atoms with E-state index < -0.39 is 17.4 Å². The topological polar surface area (TPSA) is 53.9 Å². The fraction of sp³-hybridized carbons (Fsp3) is 0.739. The van der Waals surface area contributed by atoms with Gasteiger partial charge in [-0.3, -0.25) is 9.79 Å². The van der Waals surface area contributed by atoms with E-state index in [1.165, 1.54) is 18.9 Å². The van der Waals surface area contributed by atoms with Crippen LogP contribution < -0.4 is 5.32 Å². The van der Waals surface area contributed by atoms with E-state index in [1.54, 1.807) is 6.92 Å². The number of carbonyl (C=O) groups is 1. The molecular weight excluding hydrogens is 407 g/mol. The van der Waals surface area contributed by atoms with Crippen LogP contribution in [0.5, 0.6) is 0 Å². The van der Waals surface area contributed by atoms with Gasteiger partial charge in [-0.05, 0) is 39.5 Å². The van der Waals surface area contributed by atoms with Crippen molar-refractivity contribution in [3.63, 3.8) is 0 Å². The number of nitrogens with zero attached hydrogens (tertiary/aromatic N) is 2. The van der Waals surface area contributed by atoms with Crippen LogP contribution >= 0.6 is 0 Å². The number of rotatable bonds is 7. The van der Waals surface area contributed by atoms with E-state index in [-0.39, 0.29) is 5.91 Å². The molecule has 1 N–H and O–H groups in total. The molecule has 0 spiro atoms. The summed E-state index contributed by atoms with van der Waals surface area (Å²) in [5.41, 5.74) is -0.686. The van der Waals surface area contributed by atoms with Gasteiger partial charge in [-0.25, -0.2) is 0 Å². The number of unbranched alkanes of at least 4 members (excludes halogenated alkanes) is 2. The number of morpholine rings is 1. The van der Waals surface area contributed by atoms with Crippen LogP contribution in [0.3, 0.4) is 0 Å². The van der Waals surface area contributed by atoms with E-state index in [9.17, 15) is 18.0 Å². The van der Waals surface area contributed by atoms with E-state index in [0.717, 1.165) is 38.7 Å². The van der Waals surface area contributed by atoms with Crippen molar-refractivity contribution in [2.75, 3.05) is 32.8 Å². The molecule has 5 nitrogen and oxygen atoms in total. The minimum atomic E-state index is -4.28. The molecule has 0 aromatic heterocycles. The molecule has 0 bridgehead atoms. The minimum Gasteiger partial charge on any atom is -0.363 e. The van der Waals surface area contributed by atoms with Gasteiger partial charge in [-0.15, -0.1) is 0 Å². The van der Waals surface area contributed by atoms with E-state index in [1.807, 2.05) is 17.9 Å². The lowest BCUT2D eigenvalue weighted by molar-refractivity contribution is -0.159. The molecule has 0 radical (unpaired) electrons.